The van der Waals surface area contributed by atoms with Gasteiger partial charge in [0.05, 0.1) is 0 Å². The Bertz CT molecular complexity index is 423. The minimum atomic E-state index is -4.83. The van der Waals surface area contributed by atoms with Crippen molar-refractivity contribution in [3.05, 3.63) is 11.3 Å². The van der Waals surface area contributed by atoms with Crippen LogP contribution in [0.1, 0.15) is 35.9 Å². The number of nitrogen functional groups attached to an aromatic ring is 1. The van der Waals surface area contributed by atoms with Crippen LogP contribution in [0.3, 0.4) is 0 Å². The third-order valence-electron chi connectivity index (χ3n) is 1.92. The molecule has 1 heterocycles. The summed E-state index contributed by atoms with van der Waals surface area (Å²) in [7, 11) is 0. The number of carboxylic acids is 1. The summed E-state index contributed by atoms with van der Waals surface area (Å²) in [6.45, 7) is 3.10. The normalized spacial score (nSPS) is 12.1. The maximum absolute atomic E-state index is 12.5. The number of anilines is 1. The van der Waals surface area contributed by atoms with E-state index in [0.717, 1.165) is 4.68 Å². The third-order valence-corrected chi connectivity index (χ3v) is 1.92. The summed E-state index contributed by atoms with van der Waals surface area (Å²) < 4.78 is 38.5. The molecule has 0 spiro atoms. The van der Waals surface area contributed by atoms with Crippen molar-refractivity contribution in [3.63, 3.8) is 0 Å². The Kier molecular flexibility index (Phi) is 2.85. The van der Waals surface area contributed by atoms with Gasteiger partial charge in [0.1, 0.15) is 11.4 Å². The zero-order chi connectivity index (χ0) is 12.7. The molecule has 3 N–H and O–H groups in total. The Balaban J connectivity index is 3.51. The van der Waals surface area contributed by atoms with Gasteiger partial charge >= 0.3 is 12.1 Å². The molecule has 0 bridgehead atoms. The highest BCUT2D eigenvalue weighted by atomic mass is 19.4. The van der Waals surface area contributed by atoms with Crippen molar-refractivity contribution in [1.29, 1.82) is 0 Å². The first-order valence-electron chi connectivity index (χ1n) is 4.34. The van der Waals surface area contributed by atoms with Gasteiger partial charge < -0.3 is 10.8 Å². The van der Waals surface area contributed by atoms with Crippen molar-refractivity contribution in [3.8, 4) is 0 Å². The molecule has 0 unspecified atom stereocenters. The number of hydrogen-bond acceptors (Lipinski definition) is 3. The molecule has 8 heteroatoms. The highest BCUT2D eigenvalue weighted by molar-refractivity contribution is 5.89. The predicted molar refractivity (Wildman–Crippen MR) is 49.0 cm³/mol. The fourth-order valence-corrected chi connectivity index (χ4v) is 1.27. The third kappa shape index (κ3) is 1.95. The van der Waals surface area contributed by atoms with E-state index in [1.165, 1.54) is 0 Å². The smallest absolute Gasteiger partial charge is 0.422 e. The Morgan fingerprint density at radius 2 is 2.00 bits per heavy atom. The van der Waals surface area contributed by atoms with E-state index in [-0.39, 0.29) is 0 Å². The molecule has 5 nitrogen and oxygen atoms in total. The number of nitrogens with two attached hydrogens (primary N) is 1. The lowest BCUT2D eigenvalue weighted by atomic mass is 10.2. The number of carbonyl (C=O) groups is 1. The summed E-state index contributed by atoms with van der Waals surface area (Å²) in [6.07, 6.45) is -4.83. The van der Waals surface area contributed by atoms with Gasteiger partial charge in [-0.25, -0.2) is 9.48 Å². The number of alkyl halides is 3. The molecule has 0 aliphatic carbocycles. The number of nitrogens with zero attached hydrogens (tertiary/aromatic N) is 2. The monoisotopic (exact) mass is 237 g/mol. The maximum Gasteiger partial charge on any atom is 0.422 e. The van der Waals surface area contributed by atoms with Crippen molar-refractivity contribution in [2.75, 3.05) is 5.73 Å². The van der Waals surface area contributed by atoms with Crippen molar-refractivity contribution in [2.24, 2.45) is 0 Å². The van der Waals surface area contributed by atoms with Crippen molar-refractivity contribution < 1.29 is 23.1 Å². The number of aromatic nitrogens is 2. The van der Waals surface area contributed by atoms with Crippen molar-refractivity contribution in [2.45, 2.75) is 26.1 Å². The minimum Gasteiger partial charge on any atom is -0.476 e. The standard InChI is InChI=1S/C8H10F3N3O2/c1-3(2)14-6(12)4(8(9,10)11)5(13-14)7(15)16/h3H,12H2,1-2H3,(H,15,16). The summed E-state index contributed by atoms with van der Waals surface area (Å²) in [5.41, 5.74) is 2.78. The van der Waals surface area contributed by atoms with Gasteiger partial charge in [0.15, 0.2) is 5.69 Å². The lowest BCUT2D eigenvalue weighted by Gasteiger charge is -2.09. The van der Waals surface area contributed by atoms with Gasteiger partial charge in [-0.3, -0.25) is 0 Å². The van der Waals surface area contributed by atoms with E-state index in [1.807, 2.05) is 0 Å². The van der Waals surface area contributed by atoms with Crippen LogP contribution in [-0.4, -0.2) is 20.9 Å². The van der Waals surface area contributed by atoms with Crippen LogP contribution in [0.25, 0.3) is 0 Å². The first-order chi connectivity index (χ1) is 7.16. The Hall–Kier alpha value is -1.73. The van der Waals surface area contributed by atoms with E-state index in [4.69, 9.17) is 10.8 Å². The second-order valence-electron chi connectivity index (χ2n) is 3.45. The van der Waals surface area contributed by atoms with Crippen LogP contribution < -0.4 is 5.73 Å². The molecule has 1 aromatic rings. The summed E-state index contributed by atoms with van der Waals surface area (Å²) in [6, 6.07) is -0.450. The van der Waals surface area contributed by atoms with Crippen LogP contribution in [0.4, 0.5) is 19.0 Å². The molecule has 90 valence electrons. The molecule has 0 aliphatic heterocycles. The van der Waals surface area contributed by atoms with Gasteiger partial charge in [0.2, 0.25) is 0 Å². The van der Waals surface area contributed by atoms with E-state index in [2.05, 4.69) is 5.10 Å². The zero-order valence-electron chi connectivity index (χ0n) is 8.54. The van der Waals surface area contributed by atoms with E-state index in [0.29, 0.717) is 0 Å². The fourth-order valence-electron chi connectivity index (χ4n) is 1.27. The van der Waals surface area contributed by atoms with Gasteiger partial charge in [-0.2, -0.15) is 18.3 Å². The molecular weight excluding hydrogens is 227 g/mol. The first kappa shape index (κ1) is 12.3. The summed E-state index contributed by atoms with van der Waals surface area (Å²) in [5.74, 6) is -2.43. The molecule has 16 heavy (non-hydrogen) atoms. The number of halogens is 3. The summed E-state index contributed by atoms with van der Waals surface area (Å²) in [5, 5.41) is 12.0. The van der Waals surface area contributed by atoms with E-state index in [1.54, 1.807) is 13.8 Å². The molecule has 0 saturated carbocycles. The number of carboxylic acid groups (broad SMARTS) is 1. The molecular formula is C8H10F3N3O2. The van der Waals surface area contributed by atoms with Gasteiger partial charge in [-0.05, 0) is 13.8 Å². The summed E-state index contributed by atoms with van der Waals surface area (Å²) in [4.78, 5) is 10.6. The number of aromatic carboxylic acids is 1. The van der Waals surface area contributed by atoms with Crippen molar-refractivity contribution >= 4 is 11.8 Å². The quantitative estimate of drug-likeness (QED) is 0.821. The second-order valence-corrected chi connectivity index (χ2v) is 3.45. The van der Waals surface area contributed by atoms with Crippen LogP contribution in [-0.2, 0) is 6.18 Å². The second kappa shape index (κ2) is 3.69. The first-order valence-corrected chi connectivity index (χ1v) is 4.34. The molecule has 0 aliphatic rings. The fraction of sp³-hybridized carbons (Fsp3) is 0.500. The molecule has 0 atom stereocenters. The zero-order valence-corrected chi connectivity index (χ0v) is 8.54. The molecule has 0 fully saturated rings. The van der Waals surface area contributed by atoms with E-state index >= 15 is 0 Å². The predicted octanol–water partition coefficient (Wildman–Crippen LogP) is 1.76. The van der Waals surface area contributed by atoms with Crippen LogP contribution in [0.5, 0.6) is 0 Å². The van der Waals surface area contributed by atoms with Gasteiger partial charge in [-0.15, -0.1) is 0 Å². The lowest BCUT2D eigenvalue weighted by Crippen LogP contribution is -2.13. The van der Waals surface area contributed by atoms with Crippen LogP contribution in [0.15, 0.2) is 0 Å². The number of hydrogen-bond donors (Lipinski definition) is 2. The average Bonchev–Trinajstić information content (AvgIpc) is 2.41. The largest absolute Gasteiger partial charge is 0.476 e. The molecule has 0 aromatic carbocycles. The highest BCUT2D eigenvalue weighted by Crippen LogP contribution is 2.37. The van der Waals surface area contributed by atoms with Gasteiger partial charge in [-0.1, -0.05) is 0 Å². The minimum absolute atomic E-state index is 0.450. The molecule has 1 aromatic heterocycles. The SMILES string of the molecule is CC(C)n1nc(C(=O)O)c(C(F)(F)F)c1N. The van der Waals surface area contributed by atoms with Crippen LogP contribution in [0, 0.1) is 0 Å². The molecule has 0 radical (unpaired) electrons. The lowest BCUT2D eigenvalue weighted by molar-refractivity contribution is -0.137. The van der Waals surface area contributed by atoms with Crippen molar-refractivity contribution in [1.82, 2.24) is 9.78 Å². The number of rotatable bonds is 2. The molecule has 0 amide bonds. The summed E-state index contributed by atoms with van der Waals surface area (Å²) >= 11 is 0. The van der Waals surface area contributed by atoms with Gasteiger partial charge in [0, 0.05) is 6.04 Å². The van der Waals surface area contributed by atoms with E-state index in [9.17, 15) is 18.0 Å². The maximum atomic E-state index is 12.5. The van der Waals surface area contributed by atoms with E-state index < -0.39 is 35.3 Å². The Labute approximate surface area is 88.7 Å². The Morgan fingerprint density at radius 1 is 1.50 bits per heavy atom. The van der Waals surface area contributed by atoms with Crippen LogP contribution in [0.2, 0.25) is 0 Å². The topological polar surface area (TPSA) is 81.1 Å². The molecule has 1 rings (SSSR count). The Morgan fingerprint density at radius 3 is 2.25 bits per heavy atom. The highest BCUT2D eigenvalue weighted by Gasteiger charge is 2.41. The molecule has 0 saturated heterocycles. The van der Waals surface area contributed by atoms with Crippen LogP contribution >= 0.6 is 0 Å². The average molecular weight is 237 g/mol. The van der Waals surface area contributed by atoms with Gasteiger partial charge in [0.25, 0.3) is 0 Å².